The number of hydrogen-bond acceptors (Lipinski definition) is 6. The van der Waals surface area contributed by atoms with Crippen LogP contribution >= 0.6 is 0 Å². The van der Waals surface area contributed by atoms with Gasteiger partial charge in [0.15, 0.2) is 0 Å². The van der Waals surface area contributed by atoms with E-state index in [9.17, 15) is 13.2 Å². The molecule has 1 aliphatic rings. The smallest absolute Gasteiger partial charge is 0.270 e. The van der Waals surface area contributed by atoms with Crippen LogP contribution in [0.4, 0.5) is 0 Å². The van der Waals surface area contributed by atoms with Crippen molar-refractivity contribution in [3.05, 3.63) is 36.0 Å². The second-order valence-electron chi connectivity index (χ2n) is 6.67. The van der Waals surface area contributed by atoms with E-state index in [4.69, 9.17) is 9.47 Å². The number of nitrogens with zero attached hydrogens (tertiary/aromatic N) is 2. The minimum absolute atomic E-state index is 0.0839. The van der Waals surface area contributed by atoms with Gasteiger partial charge in [-0.1, -0.05) is 12.1 Å². The van der Waals surface area contributed by atoms with Crippen LogP contribution in [0.25, 0.3) is 10.9 Å². The Morgan fingerprint density at radius 2 is 2.07 bits per heavy atom. The summed E-state index contributed by atoms with van der Waals surface area (Å²) >= 11 is 0. The summed E-state index contributed by atoms with van der Waals surface area (Å²) in [4.78, 5) is 17.1. The van der Waals surface area contributed by atoms with Gasteiger partial charge in [-0.2, -0.15) is 0 Å². The molecule has 1 fully saturated rings. The zero-order chi connectivity index (χ0) is 19.6. The summed E-state index contributed by atoms with van der Waals surface area (Å²) in [6, 6.07) is 8.57. The predicted octanol–water partition coefficient (Wildman–Crippen LogP) is 0.880. The first-order valence-electron chi connectivity index (χ1n) is 8.54. The van der Waals surface area contributed by atoms with Crippen LogP contribution in [0.1, 0.15) is 10.5 Å². The Bertz CT molecular complexity index is 945. The fourth-order valence-electron chi connectivity index (χ4n) is 3.01. The summed E-state index contributed by atoms with van der Waals surface area (Å²) in [5.41, 5.74) is 0.864. The van der Waals surface area contributed by atoms with Gasteiger partial charge in [0.05, 0.1) is 37.6 Å². The van der Waals surface area contributed by atoms with Crippen molar-refractivity contribution < 1.29 is 22.7 Å². The van der Waals surface area contributed by atoms with Crippen LogP contribution in [0.2, 0.25) is 0 Å². The Morgan fingerprint density at radius 3 is 2.78 bits per heavy atom. The van der Waals surface area contributed by atoms with Crippen LogP contribution in [-0.2, 0) is 14.8 Å². The van der Waals surface area contributed by atoms with Crippen LogP contribution < -0.4 is 10.1 Å². The van der Waals surface area contributed by atoms with E-state index >= 15 is 0 Å². The SMILES string of the molecule is COc1cc(C(=O)N[C@H]2COC[C@H]2CS(=O)(=O)N(C)C)nc2ccccc12. The molecule has 2 heterocycles. The third kappa shape index (κ3) is 4.20. The average molecular weight is 393 g/mol. The molecule has 1 aliphatic heterocycles. The number of carbonyl (C=O) groups excluding carboxylic acids is 1. The van der Waals surface area contributed by atoms with E-state index < -0.39 is 16.1 Å². The molecule has 0 unspecified atom stereocenters. The Morgan fingerprint density at radius 1 is 1.33 bits per heavy atom. The van der Waals surface area contributed by atoms with Crippen LogP contribution in [0, 0.1) is 5.92 Å². The van der Waals surface area contributed by atoms with Crippen molar-refractivity contribution in [3.63, 3.8) is 0 Å². The third-order valence-electron chi connectivity index (χ3n) is 4.63. The number of pyridine rings is 1. The van der Waals surface area contributed by atoms with Gasteiger partial charge in [-0.15, -0.1) is 0 Å². The van der Waals surface area contributed by atoms with Gasteiger partial charge in [0.2, 0.25) is 10.0 Å². The van der Waals surface area contributed by atoms with Crippen molar-refractivity contribution >= 4 is 26.8 Å². The van der Waals surface area contributed by atoms with Gasteiger partial charge in [-0.25, -0.2) is 17.7 Å². The van der Waals surface area contributed by atoms with E-state index in [0.717, 1.165) is 5.39 Å². The molecular weight excluding hydrogens is 370 g/mol. The first-order valence-corrected chi connectivity index (χ1v) is 10.2. The van der Waals surface area contributed by atoms with Gasteiger partial charge in [0.25, 0.3) is 5.91 Å². The summed E-state index contributed by atoms with van der Waals surface area (Å²) in [6.45, 7) is 0.552. The maximum atomic E-state index is 12.7. The van der Waals surface area contributed by atoms with Crippen molar-refractivity contribution in [2.24, 2.45) is 5.92 Å². The lowest BCUT2D eigenvalue weighted by Gasteiger charge is -2.21. The fraction of sp³-hybridized carbons (Fsp3) is 0.444. The van der Waals surface area contributed by atoms with Crippen LogP contribution in [0.5, 0.6) is 5.75 Å². The van der Waals surface area contributed by atoms with Crippen molar-refractivity contribution in [1.82, 2.24) is 14.6 Å². The van der Waals surface area contributed by atoms with Gasteiger partial charge < -0.3 is 14.8 Å². The number of hydrogen-bond donors (Lipinski definition) is 1. The topological polar surface area (TPSA) is 97.8 Å². The number of amides is 1. The molecule has 1 aromatic carbocycles. The highest BCUT2D eigenvalue weighted by atomic mass is 32.2. The maximum Gasteiger partial charge on any atom is 0.270 e. The Balaban J connectivity index is 1.79. The van der Waals surface area contributed by atoms with Crippen LogP contribution in [-0.4, -0.2) is 69.8 Å². The normalized spacial score (nSPS) is 20.1. The van der Waals surface area contributed by atoms with Gasteiger partial charge in [-0.05, 0) is 12.1 Å². The first kappa shape index (κ1) is 19.5. The quantitative estimate of drug-likeness (QED) is 0.782. The lowest BCUT2D eigenvalue weighted by Crippen LogP contribution is -2.43. The number of sulfonamides is 1. The number of rotatable bonds is 6. The van der Waals surface area contributed by atoms with Gasteiger partial charge >= 0.3 is 0 Å². The standard InChI is InChI=1S/C18H23N3O5S/c1-21(2)27(23,24)11-12-9-26-10-16(12)20-18(22)15-8-17(25-3)13-6-4-5-7-14(13)19-15/h4-8,12,16H,9-11H2,1-3H3,(H,20,22)/t12-,16-/m0/s1. The molecule has 8 nitrogen and oxygen atoms in total. The molecule has 1 N–H and O–H groups in total. The van der Waals surface area contributed by atoms with E-state index in [1.807, 2.05) is 18.2 Å². The Labute approximate surface area is 158 Å². The summed E-state index contributed by atoms with van der Waals surface area (Å²) in [5, 5.41) is 3.67. The predicted molar refractivity (Wildman–Crippen MR) is 101 cm³/mol. The summed E-state index contributed by atoms with van der Waals surface area (Å²) in [5.74, 6) is -0.231. The lowest BCUT2D eigenvalue weighted by molar-refractivity contribution is 0.0921. The Hall–Kier alpha value is -2.23. The third-order valence-corrected chi connectivity index (χ3v) is 6.59. The van der Waals surface area contributed by atoms with E-state index in [2.05, 4.69) is 10.3 Å². The molecule has 3 rings (SSSR count). The van der Waals surface area contributed by atoms with Crippen LogP contribution in [0.15, 0.2) is 30.3 Å². The van der Waals surface area contributed by atoms with E-state index in [0.29, 0.717) is 11.3 Å². The molecular formula is C18H23N3O5S. The molecule has 0 aliphatic carbocycles. The number of ether oxygens (including phenoxy) is 2. The second-order valence-corrected chi connectivity index (χ2v) is 8.89. The summed E-state index contributed by atoms with van der Waals surface area (Å²) in [7, 11) is 1.13. The van der Waals surface area contributed by atoms with Gasteiger partial charge in [-0.3, -0.25) is 4.79 Å². The number of para-hydroxylation sites is 1. The monoisotopic (exact) mass is 393 g/mol. The van der Waals surface area contributed by atoms with E-state index in [-0.39, 0.29) is 36.5 Å². The first-order chi connectivity index (χ1) is 12.8. The number of aromatic nitrogens is 1. The number of nitrogens with one attached hydrogen (secondary N) is 1. The Kier molecular flexibility index (Phi) is 5.64. The summed E-state index contributed by atoms with van der Waals surface area (Å²) in [6.07, 6.45) is 0. The highest BCUT2D eigenvalue weighted by Crippen LogP contribution is 2.25. The molecule has 1 saturated heterocycles. The molecule has 0 saturated carbocycles. The fourth-order valence-corrected chi connectivity index (χ4v) is 4.18. The van der Waals surface area contributed by atoms with Gasteiger partial charge in [0.1, 0.15) is 11.4 Å². The molecule has 9 heteroatoms. The zero-order valence-corrected chi connectivity index (χ0v) is 16.3. The molecule has 0 radical (unpaired) electrons. The summed E-state index contributed by atoms with van der Waals surface area (Å²) < 4.78 is 36.2. The van der Waals surface area contributed by atoms with Gasteiger partial charge in [0, 0.05) is 31.5 Å². The molecule has 0 spiro atoms. The lowest BCUT2D eigenvalue weighted by atomic mass is 10.1. The highest BCUT2D eigenvalue weighted by molar-refractivity contribution is 7.89. The molecule has 0 bridgehead atoms. The molecule has 2 aromatic rings. The maximum absolute atomic E-state index is 12.7. The number of carbonyl (C=O) groups is 1. The highest BCUT2D eigenvalue weighted by Gasteiger charge is 2.34. The van der Waals surface area contributed by atoms with Crippen molar-refractivity contribution in [2.45, 2.75) is 6.04 Å². The average Bonchev–Trinajstić information content (AvgIpc) is 3.06. The number of fused-ring (bicyclic) bond motifs is 1. The van der Waals surface area contributed by atoms with Crippen LogP contribution in [0.3, 0.4) is 0 Å². The molecule has 2 atom stereocenters. The van der Waals surface area contributed by atoms with Crippen molar-refractivity contribution in [3.8, 4) is 5.75 Å². The van der Waals surface area contributed by atoms with Crippen molar-refractivity contribution in [1.29, 1.82) is 0 Å². The zero-order valence-electron chi connectivity index (χ0n) is 15.5. The second kappa shape index (κ2) is 7.79. The minimum Gasteiger partial charge on any atom is -0.496 e. The molecule has 27 heavy (non-hydrogen) atoms. The molecule has 146 valence electrons. The number of methoxy groups -OCH3 is 1. The largest absolute Gasteiger partial charge is 0.496 e. The van der Waals surface area contributed by atoms with E-state index in [1.54, 1.807) is 12.1 Å². The molecule has 1 aromatic heterocycles. The number of benzene rings is 1. The molecule has 1 amide bonds. The minimum atomic E-state index is -3.39. The van der Waals surface area contributed by atoms with E-state index in [1.165, 1.54) is 25.5 Å². The van der Waals surface area contributed by atoms with Crippen molar-refractivity contribution in [2.75, 3.05) is 40.2 Å².